The maximum absolute atomic E-state index is 11.3. The molecule has 1 rings (SSSR count). The minimum absolute atomic E-state index is 0.308. The van der Waals surface area contributed by atoms with E-state index in [0.29, 0.717) is 43.8 Å². The molecule has 1 aromatic rings. The van der Waals surface area contributed by atoms with Crippen LogP contribution in [0.25, 0.3) is 0 Å². The van der Waals surface area contributed by atoms with Crippen LogP contribution < -0.4 is 10.5 Å². The predicted octanol–water partition coefficient (Wildman–Crippen LogP) is 0.703. The van der Waals surface area contributed by atoms with Gasteiger partial charge in [-0.15, -0.1) is 0 Å². The third kappa shape index (κ3) is 6.06. The van der Waals surface area contributed by atoms with Gasteiger partial charge in [-0.1, -0.05) is 0 Å². The van der Waals surface area contributed by atoms with Crippen LogP contribution in [0, 0.1) is 11.3 Å². The first-order valence-electron chi connectivity index (χ1n) is 6.78. The van der Waals surface area contributed by atoms with Crippen molar-refractivity contribution in [3.05, 3.63) is 29.8 Å². The van der Waals surface area contributed by atoms with Gasteiger partial charge in [-0.3, -0.25) is 9.59 Å². The van der Waals surface area contributed by atoms with Crippen molar-refractivity contribution < 1.29 is 14.3 Å². The molecular formula is C15H19N3O3. The molecule has 0 saturated carbocycles. The topological polar surface area (TPSA) is 96.4 Å². The van der Waals surface area contributed by atoms with Gasteiger partial charge in [0.05, 0.1) is 18.2 Å². The Bertz CT molecular complexity index is 494. The lowest BCUT2D eigenvalue weighted by Crippen LogP contribution is -2.36. The molecule has 21 heavy (non-hydrogen) atoms. The van der Waals surface area contributed by atoms with Gasteiger partial charge in [0.25, 0.3) is 5.91 Å². The van der Waals surface area contributed by atoms with E-state index in [2.05, 4.69) is 0 Å². The fourth-order valence-corrected chi connectivity index (χ4v) is 1.78. The normalized spacial score (nSPS) is 9.71. The van der Waals surface area contributed by atoms with E-state index in [-0.39, 0.29) is 0 Å². The van der Waals surface area contributed by atoms with Gasteiger partial charge in [0.1, 0.15) is 5.75 Å². The average Bonchev–Trinajstić information content (AvgIpc) is 2.53. The van der Waals surface area contributed by atoms with Crippen LogP contribution in [0.1, 0.15) is 18.4 Å². The Balaban J connectivity index is 2.25. The van der Waals surface area contributed by atoms with Crippen LogP contribution in [0.5, 0.6) is 5.75 Å². The van der Waals surface area contributed by atoms with E-state index < -0.39 is 5.91 Å². The lowest BCUT2D eigenvalue weighted by molar-refractivity contribution is -0.138. The number of rotatable bonds is 9. The number of carbonyl (C=O) groups is 2. The van der Waals surface area contributed by atoms with Gasteiger partial charge < -0.3 is 15.4 Å². The van der Waals surface area contributed by atoms with Crippen molar-refractivity contribution in [2.75, 3.05) is 26.2 Å². The molecule has 1 aromatic carbocycles. The number of carbonyl (C=O) groups excluding carboxylic acids is 2. The number of amides is 1. The smallest absolute Gasteiger partial charge is 0.286 e. The van der Waals surface area contributed by atoms with Gasteiger partial charge in [0.2, 0.25) is 6.29 Å². The van der Waals surface area contributed by atoms with Crippen molar-refractivity contribution in [1.29, 1.82) is 5.26 Å². The zero-order valence-electron chi connectivity index (χ0n) is 11.8. The number of nitrogens with two attached hydrogens (primary N) is 1. The van der Waals surface area contributed by atoms with Crippen LogP contribution in [0.15, 0.2) is 24.3 Å². The summed E-state index contributed by atoms with van der Waals surface area (Å²) in [6, 6.07) is 8.92. The molecule has 0 aliphatic rings. The Morgan fingerprint density at radius 3 is 2.57 bits per heavy atom. The number of aldehydes is 1. The number of benzene rings is 1. The molecule has 0 fully saturated rings. The highest BCUT2D eigenvalue weighted by Crippen LogP contribution is 2.12. The van der Waals surface area contributed by atoms with E-state index in [9.17, 15) is 9.59 Å². The summed E-state index contributed by atoms with van der Waals surface area (Å²) in [7, 11) is 0. The summed E-state index contributed by atoms with van der Waals surface area (Å²) in [4.78, 5) is 23.2. The van der Waals surface area contributed by atoms with Crippen LogP contribution in [-0.4, -0.2) is 43.3 Å². The van der Waals surface area contributed by atoms with Gasteiger partial charge in [-0.25, -0.2) is 0 Å². The van der Waals surface area contributed by atoms with Crippen molar-refractivity contribution >= 4 is 12.2 Å². The molecular weight excluding hydrogens is 270 g/mol. The van der Waals surface area contributed by atoms with E-state index in [4.69, 9.17) is 15.7 Å². The Morgan fingerprint density at radius 1 is 1.29 bits per heavy atom. The second-order valence-corrected chi connectivity index (χ2v) is 4.42. The highest BCUT2D eigenvalue weighted by Gasteiger charge is 2.10. The molecule has 0 aliphatic heterocycles. The van der Waals surface area contributed by atoms with E-state index in [1.807, 2.05) is 6.07 Å². The molecule has 0 unspecified atom stereocenters. The van der Waals surface area contributed by atoms with Crippen LogP contribution >= 0.6 is 0 Å². The molecule has 0 saturated heterocycles. The molecule has 0 spiro atoms. The standard InChI is InChI=1S/C15H19N3O3/c16-7-9-18(15(20)12-19)8-1-2-10-21-14-5-3-13(11-17)4-6-14/h3-6,12H,1-2,7-10,16H2. The van der Waals surface area contributed by atoms with E-state index >= 15 is 0 Å². The van der Waals surface area contributed by atoms with Crippen LogP contribution in [0.4, 0.5) is 0 Å². The average molecular weight is 289 g/mol. The summed E-state index contributed by atoms with van der Waals surface area (Å²) in [5.41, 5.74) is 5.98. The van der Waals surface area contributed by atoms with Gasteiger partial charge >= 0.3 is 0 Å². The number of ether oxygens (including phenoxy) is 1. The zero-order chi connectivity index (χ0) is 15.5. The van der Waals surface area contributed by atoms with Crippen molar-refractivity contribution in [1.82, 2.24) is 4.90 Å². The lowest BCUT2D eigenvalue weighted by atomic mass is 10.2. The van der Waals surface area contributed by atoms with Crippen molar-refractivity contribution in [2.24, 2.45) is 5.73 Å². The molecule has 0 heterocycles. The van der Waals surface area contributed by atoms with Gasteiger partial charge in [0.15, 0.2) is 0 Å². The summed E-state index contributed by atoms with van der Waals surface area (Å²) in [6.07, 6.45) is 1.80. The number of unbranched alkanes of at least 4 members (excludes halogenated alkanes) is 1. The van der Waals surface area contributed by atoms with Crippen LogP contribution in [0.2, 0.25) is 0 Å². The predicted molar refractivity (Wildman–Crippen MR) is 77.6 cm³/mol. The first-order valence-corrected chi connectivity index (χ1v) is 6.78. The summed E-state index contributed by atoms with van der Waals surface area (Å²) < 4.78 is 5.53. The van der Waals surface area contributed by atoms with E-state index in [1.165, 1.54) is 4.90 Å². The molecule has 2 N–H and O–H groups in total. The fraction of sp³-hybridized carbons (Fsp3) is 0.400. The van der Waals surface area contributed by atoms with Crippen LogP contribution in [-0.2, 0) is 9.59 Å². The quantitative estimate of drug-likeness (QED) is 0.410. The Labute approximate surface area is 124 Å². The van der Waals surface area contributed by atoms with Crippen molar-refractivity contribution in [2.45, 2.75) is 12.8 Å². The van der Waals surface area contributed by atoms with Crippen molar-refractivity contribution in [3.63, 3.8) is 0 Å². The molecule has 6 nitrogen and oxygen atoms in total. The van der Waals surface area contributed by atoms with Crippen LogP contribution in [0.3, 0.4) is 0 Å². The molecule has 112 valence electrons. The molecule has 0 atom stereocenters. The molecule has 0 radical (unpaired) electrons. The third-order valence-electron chi connectivity index (χ3n) is 2.89. The second-order valence-electron chi connectivity index (χ2n) is 4.42. The lowest BCUT2D eigenvalue weighted by Gasteiger charge is -2.19. The Morgan fingerprint density at radius 2 is 2.00 bits per heavy atom. The summed E-state index contributed by atoms with van der Waals surface area (Å²) in [5.74, 6) is 0.172. The van der Waals surface area contributed by atoms with E-state index in [1.54, 1.807) is 24.3 Å². The Hall–Kier alpha value is -2.39. The zero-order valence-corrected chi connectivity index (χ0v) is 11.8. The number of nitrogens with zero attached hydrogens (tertiary/aromatic N) is 2. The highest BCUT2D eigenvalue weighted by molar-refractivity contribution is 6.23. The van der Waals surface area contributed by atoms with E-state index in [0.717, 1.165) is 12.8 Å². The molecule has 1 amide bonds. The van der Waals surface area contributed by atoms with Crippen molar-refractivity contribution in [3.8, 4) is 11.8 Å². The third-order valence-corrected chi connectivity index (χ3v) is 2.89. The Kier molecular flexibility index (Phi) is 7.54. The minimum Gasteiger partial charge on any atom is -0.494 e. The second kappa shape index (κ2) is 9.50. The molecule has 0 bridgehead atoms. The molecule has 6 heteroatoms. The molecule has 0 aromatic heterocycles. The minimum atomic E-state index is -0.534. The van der Waals surface area contributed by atoms with Gasteiger partial charge in [0, 0.05) is 19.6 Å². The molecule has 0 aliphatic carbocycles. The first-order chi connectivity index (χ1) is 10.2. The number of hydrogen-bond acceptors (Lipinski definition) is 5. The monoisotopic (exact) mass is 289 g/mol. The fourth-order valence-electron chi connectivity index (χ4n) is 1.78. The number of hydrogen-bond donors (Lipinski definition) is 1. The summed E-state index contributed by atoms with van der Waals surface area (Å²) >= 11 is 0. The first kappa shape index (κ1) is 16.7. The van der Waals surface area contributed by atoms with Gasteiger partial charge in [-0.05, 0) is 37.1 Å². The highest BCUT2D eigenvalue weighted by atomic mass is 16.5. The number of nitriles is 1. The maximum atomic E-state index is 11.3. The van der Waals surface area contributed by atoms with Gasteiger partial charge in [-0.2, -0.15) is 5.26 Å². The largest absolute Gasteiger partial charge is 0.494 e. The summed E-state index contributed by atoms with van der Waals surface area (Å²) in [5, 5.41) is 8.68. The summed E-state index contributed by atoms with van der Waals surface area (Å²) in [6.45, 7) is 1.72. The maximum Gasteiger partial charge on any atom is 0.286 e. The SMILES string of the molecule is N#Cc1ccc(OCCCCN(CCN)C(=O)C=O)cc1.